The molecule has 0 radical (unpaired) electrons. The molecule has 0 aliphatic heterocycles. The molecule has 0 atom stereocenters. The van der Waals surface area contributed by atoms with E-state index in [0.717, 1.165) is 6.54 Å². The molecular weight excluding hydrogens is 270 g/mol. The topological polar surface area (TPSA) is 27.3 Å². The van der Waals surface area contributed by atoms with Crippen molar-refractivity contribution in [1.82, 2.24) is 15.5 Å². The van der Waals surface area contributed by atoms with Crippen molar-refractivity contribution in [3.05, 3.63) is 0 Å². The van der Waals surface area contributed by atoms with Crippen LogP contribution < -0.4 is 10.6 Å². The fraction of sp³-hybridized carbons (Fsp3) is 1.00. The normalized spacial score (nSPS) is 12.3. The van der Waals surface area contributed by atoms with E-state index in [1.807, 2.05) is 0 Å². The van der Waals surface area contributed by atoms with Crippen LogP contribution in [0.15, 0.2) is 0 Å². The molecule has 2 N–H and O–H groups in total. The first-order valence-corrected chi connectivity index (χ1v) is 9.78. The molecule has 0 unspecified atom stereocenters. The molecule has 0 spiro atoms. The summed E-state index contributed by atoms with van der Waals surface area (Å²) in [6.07, 6.45) is 13.4. The number of hydrogen-bond donors (Lipinski definition) is 2. The number of nitrogens with zero attached hydrogens (tertiary/aromatic N) is 1. The van der Waals surface area contributed by atoms with Gasteiger partial charge in [0.25, 0.3) is 0 Å². The minimum Gasteiger partial charge on any atom is -0.301 e. The van der Waals surface area contributed by atoms with Gasteiger partial charge in [-0.2, -0.15) is 0 Å². The summed E-state index contributed by atoms with van der Waals surface area (Å²) in [5, 5.41) is 7.14. The van der Waals surface area contributed by atoms with E-state index < -0.39 is 0 Å². The van der Waals surface area contributed by atoms with E-state index in [9.17, 15) is 0 Å². The standard InChI is InChI=1S/C19H43N3/c1-6-9-10-11-12-13-14-15-19(20-4,21-5)18-22(16-7-2)17-8-3/h20-21H,6-18H2,1-5H3. The van der Waals surface area contributed by atoms with E-state index in [1.165, 1.54) is 77.3 Å². The second-order valence-corrected chi connectivity index (χ2v) is 6.73. The second-order valence-electron chi connectivity index (χ2n) is 6.73. The Labute approximate surface area is 140 Å². The summed E-state index contributed by atoms with van der Waals surface area (Å²) in [7, 11) is 4.21. The third-order valence-electron chi connectivity index (χ3n) is 4.74. The zero-order chi connectivity index (χ0) is 16.7. The van der Waals surface area contributed by atoms with Crippen molar-refractivity contribution >= 4 is 0 Å². The van der Waals surface area contributed by atoms with Crippen LogP contribution in [0, 0.1) is 0 Å². The highest BCUT2D eigenvalue weighted by Gasteiger charge is 2.27. The first-order valence-electron chi connectivity index (χ1n) is 9.78. The molecule has 0 aliphatic carbocycles. The molecule has 134 valence electrons. The Hall–Kier alpha value is -0.120. The molecular formula is C19H43N3. The van der Waals surface area contributed by atoms with Crippen LogP contribution in [0.4, 0.5) is 0 Å². The molecule has 0 aromatic rings. The van der Waals surface area contributed by atoms with E-state index in [-0.39, 0.29) is 5.66 Å². The minimum atomic E-state index is 0.0771. The van der Waals surface area contributed by atoms with Gasteiger partial charge in [-0.3, -0.25) is 0 Å². The van der Waals surface area contributed by atoms with Gasteiger partial charge < -0.3 is 15.5 Å². The lowest BCUT2D eigenvalue weighted by molar-refractivity contribution is 0.150. The molecule has 22 heavy (non-hydrogen) atoms. The number of nitrogens with one attached hydrogen (secondary N) is 2. The molecule has 0 bridgehead atoms. The summed E-state index contributed by atoms with van der Waals surface area (Å²) < 4.78 is 0. The number of likely N-dealkylation sites (N-methyl/N-ethyl adjacent to an activating group) is 2. The molecule has 0 amide bonds. The van der Waals surface area contributed by atoms with E-state index in [2.05, 4.69) is 50.4 Å². The van der Waals surface area contributed by atoms with Gasteiger partial charge in [0.05, 0.1) is 5.66 Å². The summed E-state index contributed by atoms with van der Waals surface area (Å²) in [6.45, 7) is 10.4. The van der Waals surface area contributed by atoms with Crippen LogP contribution in [-0.2, 0) is 0 Å². The van der Waals surface area contributed by atoms with Crippen LogP contribution in [0.1, 0.15) is 85.0 Å². The maximum absolute atomic E-state index is 3.57. The summed E-state index contributed by atoms with van der Waals surface area (Å²) in [5.74, 6) is 0. The Balaban J connectivity index is 4.18. The van der Waals surface area contributed by atoms with E-state index in [0.29, 0.717) is 0 Å². The Morgan fingerprint density at radius 3 is 1.64 bits per heavy atom. The molecule has 0 aromatic carbocycles. The van der Waals surface area contributed by atoms with Crippen molar-refractivity contribution in [2.75, 3.05) is 33.7 Å². The summed E-state index contributed by atoms with van der Waals surface area (Å²) in [5.41, 5.74) is 0.0771. The molecule has 3 heteroatoms. The van der Waals surface area contributed by atoms with Gasteiger partial charge in [-0.15, -0.1) is 0 Å². The van der Waals surface area contributed by atoms with Gasteiger partial charge in [0.15, 0.2) is 0 Å². The molecule has 0 rings (SSSR count). The van der Waals surface area contributed by atoms with E-state index in [4.69, 9.17) is 0 Å². The second kappa shape index (κ2) is 14.5. The quantitative estimate of drug-likeness (QED) is 0.327. The molecule has 0 aliphatic rings. The zero-order valence-corrected chi connectivity index (χ0v) is 16.1. The van der Waals surface area contributed by atoms with Gasteiger partial charge in [0, 0.05) is 6.54 Å². The fourth-order valence-corrected chi connectivity index (χ4v) is 3.28. The van der Waals surface area contributed by atoms with Crippen LogP contribution in [0.5, 0.6) is 0 Å². The number of unbranched alkanes of at least 4 members (excludes halogenated alkanes) is 6. The SMILES string of the molecule is CCCCCCCCCC(CN(CCC)CCC)(NC)NC. The Morgan fingerprint density at radius 1 is 0.682 bits per heavy atom. The van der Waals surface area contributed by atoms with Crippen molar-refractivity contribution in [2.45, 2.75) is 90.6 Å². The first kappa shape index (κ1) is 21.9. The van der Waals surface area contributed by atoms with Gasteiger partial charge >= 0.3 is 0 Å². The van der Waals surface area contributed by atoms with Gasteiger partial charge in [0.1, 0.15) is 0 Å². The van der Waals surface area contributed by atoms with Crippen molar-refractivity contribution < 1.29 is 0 Å². The maximum atomic E-state index is 3.57. The molecule has 0 saturated heterocycles. The predicted octanol–water partition coefficient (Wildman–Crippen LogP) is 4.38. The van der Waals surface area contributed by atoms with E-state index in [1.54, 1.807) is 0 Å². The van der Waals surface area contributed by atoms with Crippen molar-refractivity contribution in [3.8, 4) is 0 Å². The third kappa shape index (κ3) is 9.81. The van der Waals surface area contributed by atoms with Crippen LogP contribution in [0.25, 0.3) is 0 Å². The van der Waals surface area contributed by atoms with Crippen LogP contribution in [-0.4, -0.2) is 44.3 Å². The summed E-state index contributed by atoms with van der Waals surface area (Å²) >= 11 is 0. The highest BCUT2D eigenvalue weighted by molar-refractivity contribution is 4.86. The Kier molecular flexibility index (Phi) is 14.4. The summed E-state index contributed by atoms with van der Waals surface area (Å²) in [4.78, 5) is 2.61. The lowest BCUT2D eigenvalue weighted by Crippen LogP contribution is -2.60. The monoisotopic (exact) mass is 313 g/mol. The van der Waals surface area contributed by atoms with Gasteiger partial charge in [-0.25, -0.2) is 0 Å². The Morgan fingerprint density at radius 2 is 1.18 bits per heavy atom. The van der Waals surface area contributed by atoms with E-state index >= 15 is 0 Å². The summed E-state index contributed by atoms with van der Waals surface area (Å²) in [6, 6.07) is 0. The molecule has 0 heterocycles. The van der Waals surface area contributed by atoms with Crippen LogP contribution in [0.2, 0.25) is 0 Å². The van der Waals surface area contributed by atoms with Gasteiger partial charge in [-0.05, 0) is 46.4 Å². The van der Waals surface area contributed by atoms with Crippen LogP contribution in [0.3, 0.4) is 0 Å². The van der Waals surface area contributed by atoms with Crippen LogP contribution >= 0.6 is 0 Å². The first-order chi connectivity index (χ1) is 10.7. The minimum absolute atomic E-state index is 0.0771. The molecule has 0 saturated carbocycles. The van der Waals surface area contributed by atoms with Crippen molar-refractivity contribution in [2.24, 2.45) is 0 Å². The lowest BCUT2D eigenvalue weighted by Gasteiger charge is -2.38. The fourth-order valence-electron chi connectivity index (χ4n) is 3.28. The Bertz CT molecular complexity index is 221. The lowest BCUT2D eigenvalue weighted by atomic mass is 9.99. The smallest absolute Gasteiger partial charge is 0.0813 e. The average molecular weight is 314 g/mol. The highest BCUT2D eigenvalue weighted by Crippen LogP contribution is 2.16. The van der Waals surface area contributed by atoms with Crippen molar-refractivity contribution in [1.29, 1.82) is 0 Å². The highest BCUT2D eigenvalue weighted by atomic mass is 15.2. The third-order valence-corrected chi connectivity index (χ3v) is 4.74. The molecule has 3 nitrogen and oxygen atoms in total. The maximum Gasteiger partial charge on any atom is 0.0813 e. The number of rotatable bonds is 16. The van der Waals surface area contributed by atoms with Crippen molar-refractivity contribution in [3.63, 3.8) is 0 Å². The molecule has 0 fully saturated rings. The number of hydrogen-bond acceptors (Lipinski definition) is 3. The average Bonchev–Trinajstić information content (AvgIpc) is 2.53. The predicted molar refractivity (Wildman–Crippen MR) is 100 cm³/mol. The molecule has 0 aromatic heterocycles. The van der Waals surface area contributed by atoms with Gasteiger partial charge in [0.2, 0.25) is 0 Å². The largest absolute Gasteiger partial charge is 0.301 e. The zero-order valence-electron chi connectivity index (χ0n) is 16.1. The van der Waals surface area contributed by atoms with Gasteiger partial charge in [-0.1, -0.05) is 65.7 Å².